The number of thiophene rings is 1. The minimum atomic E-state index is -4.21. The number of ether oxygens (including phenoxy) is 1. The fourth-order valence-electron chi connectivity index (χ4n) is 2.89. The first-order valence-corrected chi connectivity index (χ1v) is 13.5. The Morgan fingerprint density at radius 3 is 2.60 bits per heavy atom. The van der Waals surface area contributed by atoms with Crippen LogP contribution in [0.2, 0.25) is 4.34 Å². The average molecular weight is 560 g/mol. The molecule has 15 heteroatoms. The lowest BCUT2D eigenvalue weighted by molar-refractivity contribution is 0.0569. The number of benzene rings is 1. The molecule has 0 saturated carbocycles. The maximum atomic E-state index is 15.1. The number of thiazole rings is 1. The van der Waals surface area contributed by atoms with Gasteiger partial charge in [-0.25, -0.2) is 18.9 Å². The molecule has 35 heavy (non-hydrogen) atoms. The molecule has 186 valence electrons. The number of hydrogen-bond acceptors (Lipinski definition) is 10. The van der Waals surface area contributed by atoms with E-state index >= 15 is 4.39 Å². The van der Waals surface area contributed by atoms with E-state index in [9.17, 15) is 13.2 Å². The lowest BCUT2D eigenvalue weighted by Crippen LogP contribution is -2.42. The summed E-state index contributed by atoms with van der Waals surface area (Å²) in [5.41, 5.74) is 0.0793. The van der Waals surface area contributed by atoms with Crippen LogP contribution in [0.4, 0.5) is 9.18 Å². The molecule has 2 N–H and O–H groups in total. The first kappa shape index (κ1) is 25.4. The molecule has 4 aromatic rings. The molecule has 0 aliphatic rings. The van der Waals surface area contributed by atoms with Crippen molar-refractivity contribution in [2.75, 3.05) is 0 Å². The van der Waals surface area contributed by atoms with Gasteiger partial charge in [0.2, 0.25) is 11.8 Å². The second-order valence-corrected chi connectivity index (χ2v) is 12.5. The van der Waals surface area contributed by atoms with Crippen LogP contribution in [0, 0.1) is 5.82 Å². The molecule has 0 unspecified atom stereocenters. The van der Waals surface area contributed by atoms with Gasteiger partial charge in [-0.1, -0.05) is 11.6 Å². The number of amides is 1. The van der Waals surface area contributed by atoms with Gasteiger partial charge in [0.15, 0.2) is 5.82 Å². The molecule has 3 heterocycles. The Balaban J connectivity index is 1.41. The molecule has 1 amide bonds. The number of carbonyl (C=O) groups is 1. The number of halogens is 2. The zero-order valence-electron chi connectivity index (χ0n) is 18.6. The average Bonchev–Trinajstić information content (AvgIpc) is 3.45. The predicted octanol–water partition coefficient (Wildman–Crippen LogP) is 4.65. The van der Waals surface area contributed by atoms with Gasteiger partial charge in [-0.3, -0.25) is 0 Å². The Morgan fingerprint density at radius 1 is 1.17 bits per heavy atom. The van der Waals surface area contributed by atoms with Crippen LogP contribution in [-0.4, -0.2) is 35.3 Å². The van der Waals surface area contributed by atoms with E-state index in [0.717, 1.165) is 16.2 Å². The number of hydrogen-bond donors (Lipinski definition) is 2. The predicted molar refractivity (Wildman–Crippen MR) is 130 cm³/mol. The Kier molecular flexibility index (Phi) is 7.11. The number of nitrogens with one attached hydrogen (secondary N) is 2. The summed E-state index contributed by atoms with van der Waals surface area (Å²) in [5.74, 6) is -0.245. The van der Waals surface area contributed by atoms with E-state index in [0.29, 0.717) is 25.1 Å². The quantitative estimate of drug-likeness (QED) is 0.334. The largest absolute Gasteiger partial charge is 0.443 e. The summed E-state index contributed by atoms with van der Waals surface area (Å²) in [7, 11) is -4.21. The van der Waals surface area contributed by atoms with Gasteiger partial charge in [-0.2, -0.15) is 13.1 Å². The van der Waals surface area contributed by atoms with Crippen molar-refractivity contribution in [3.8, 4) is 10.4 Å². The fourth-order valence-corrected chi connectivity index (χ4v) is 5.60. The topological polar surface area (TPSA) is 136 Å². The first-order valence-electron chi connectivity index (χ1n) is 10.0. The number of fused-ring (bicyclic) bond motifs is 1. The van der Waals surface area contributed by atoms with Gasteiger partial charge in [0, 0.05) is 10.4 Å². The summed E-state index contributed by atoms with van der Waals surface area (Å²) < 4.78 is 54.3. The first-order chi connectivity index (χ1) is 16.4. The smallest absolute Gasteiger partial charge is 0.422 e. The zero-order valence-corrected chi connectivity index (χ0v) is 21.8. The van der Waals surface area contributed by atoms with Crippen molar-refractivity contribution in [3.63, 3.8) is 0 Å². The molecule has 0 fully saturated rings. The zero-order chi connectivity index (χ0) is 25.4. The highest BCUT2D eigenvalue weighted by atomic mass is 35.5. The van der Waals surface area contributed by atoms with Crippen molar-refractivity contribution in [1.29, 1.82) is 0 Å². The molecule has 10 nitrogen and oxygen atoms in total. The molecule has 0 aliphatic heterocycles. The Bertz CT molecular complexity index is 1490. The fraction of sp³-hybridized carbons (Fsp3) is 0.300. The van der Waals surface area contributed by atoms with Gasteiger partial charge in [0.05, 0.1) is 27.5 Å². The summed E-state index contributed by atoms with van der Waals surface area (Å²) in [5, 5.41) is 8.21. The highest BCUT2D eigenvalue weighted by Crippen LogP contribution is 2.37. The van der Waals surface area contributed by atoms with E-state index in [1.165, 1.54) is 11.3 Å². The Morgan fingerprint density at radius 2 is 1.91 bits per heavy atom. The van der Waals surface area contributed by atoms with Crippen LogP contribution in [0.15, 0.2) is 28.7 Å². The van der Waals surface area contributed by atoms with Gasteiger partial charge in [0.25, 0.3) is 0 Å². The second-order valence-electron chi connectivity index (χ2n) is 8.18. The third-order valence-corrected chi connectivity index (χ3v) is 7.51. The molecule has 3 aromatic heterocycles. The summed E-state index contributed by atoms with van der Waals surface area (Å²) >= 11 is 8.41. The third kappa shape index (κ3) is 6.52. The molecular weight excluding hydrogens is 541 g/mol. The van der Waals surface area contributed by atoms with Crippen molar-refractivity contribution in [2.45, 2.75) is 39.3 Å². The molecule has 0 saturated heterocycles. The SMILES string of the molecule is CC(C)(C)OC(=O)NS(=O)(=O)NCc1nnc(Cc2nc3ccc(-c4ccc(Cl)s4)c(F)c3s2)o1. The monoisotopic (exact) mass is 559 g/mol. The molecule has 4 rings (SSSR count). The highest BCUT2D eigenvalue weighted by molar-refractivity contribution is 7.88. The molecule has 0 radical (unpaired) electrons. The van der Waals surface area contributed by atoms with E-state index in [2.05, 4.69) is 19.9 Å². The van der Waals surface area contributed by atoms with Crippen LogP contribution >= 0.6 is 34.3 Å². The minimum Gasteiger partial charge on any atom is -0.443 e. The second kappa shape index (κ2) is 9.78. The summed E-state index contributed by atoms with van der Waals surface area (Å²) in [6, 6.07) is 6.86. The van der Waals surface area contributed by atoms with Gasteiger partial charge in [-0.15, -0.1) is 32.9 Å². The maximum Gasteiger partial charge on any atom is 0.422 e. The van der Waals surface area contributed by atoms with Crippen molar-refractivity contribution < 1.29 is 26.8 Å². The Labute approximate surface area is 212 Å². The van der Waals surface area contributed by atoms with Crippen molar-refractivity contribution in [3.05, 3.63) is 51.2 Å². The highest BCUT2D eigenvalue weighted by Gasteiger charge is 2.22. The van der Waals surface area contributed by atoms with E-state index in [1.54, 1.807) is 49.8 Å². The van der Waals surface area contributed by atoms with E-state index in [4.69, 9.17) is 20.8 Å². The number of aromatic nitrogens is 3. The van der Waals surface area contributed by atoms with Crippen LogP contribution in [-0.2, 0) is 27.9 Å². The van der Waals surface area contributed by atoms with Gasteiger partial charge < -0.3 is 9.15 Å². The van der Waals surface area contributed by atoms with Crippen LogP contribution in [0.3, 0.4) is 0 Å². The van der Waals surface area contributed by atoms with Crippen molar-refractivity contribution >= 4 is 60.8 Å². The lowest BCUT2D eigenvalue weighted by atomic mass is 10.1. The summed E-state index contributed by atoms with van der Waals surface area (Å²) in [6.07, 6.45) is -0.987. The molecule has 0 bridgehead atoms. The summed E-state index contributed by atoms with van der Waals surface area (Å²) in [4.78, 5) is 16.8. The van der Waals surface area contributed by atoms with Crippen molar-refractivity contribution in [1.82, 2.24) is 24.6 Å². The lowest BCUT2D eigenvalue weighted by Gasteiger charge is -2.19. The van der Waals surface area contributed by atoms with Gasteiger partial charge in [0.1, 0.15) is 10.6 Å². The van der Waals surface area contributed by atoms with E-state index < -0.39 is 21.9 Å². The molecule has 0 atom stereocenters. The van der Waals surface area contributed by atoms with Crippen molar-refractivity contribution in [2.24, 2.45) is 0 Å². The van der Waals surface area contributed by atoms with Crippen LogP contribution in [0.1, 0.15) is 37.6 Å². The van der Waals surface area contributed by atoms with Gasteiger partial charge in [-0.05, 0) is 45.0 Å². The van der Waals surface area contributed by atoms with E-state index in [1.807, 2.05) is 0 Å². The van der Waals surface area contributed by atoms with Crippen LogP contribution in [0.25, 0.3) is 20.7 Å². The maximum absolute atomic E-state index is 15.1. The third-order valence-electron chi connectivity index (χ3n) is 4.22. The van der Waals surface area contributed by atoms with Gasteiger partial charge >= 0.3 is 16.3 Å². The minimum absolute atomic E-state index is 0.0290. The standard InChI is InChI=1S/C20H19ClFN5O5S3/c1-20(2,3)32-19(28)27-35(29,30)23-9-15-26-25-14(31-15)8-16-24-11-5-4-10(17(22)18(11)34-16)12-6-7-13(21)33-12/h4-7,23H,8-9H2,1-3H3,(H,27,28). The normalized spacial score (nSPS) is 12.3. The molecular formula is C20H19ClFN5O5S3. The number of nitrogens with zero attached hydrogens (tertiary/aromatic N) is 3. The molecule has 1 aromatic carbocycles. The van der Waals surface area contributed by atoms with Crippen LogP contribution < -0.4 is 9.44 Å². The summed E-state index contributed by atoms with van der Waals surface area (Å²) in [6.45, 7) is 4.45. The Hall–Kier alpha value is -2.65. The number of rotatable bonds is 7. The van der Waals surface area contributed by atoms with Crippen LogP contribution in [0.5, 0.6) is 0 Å². The van der Waals surface area contributed by atoms with E-state index in [-0.39, 0.29) is 30.6 Å². The number of carbonyl (C=O) groups excluding carboxylic acids is 1. The molecule has 0 spiro atoms. The molecule has 0 aliphatic carbocycles.